The van der Waals surface area contributed by atoms with E-state index in [1.165, 1.54) is 13.2 Å². The normalized spacial score (nSPS) is 14.2. The van der Waals surface area contributed by atoms with Crippen LogP contribution in [0.5, 0.6) is 11.5 Å². The first-order valence-corrected chi connectivity index (χ1v) is 12.1. The molecule has 1 aromatic heterocycles. The van der Waals surface area contributed by atoms with Crippen LogP contribution in [0.1, 0.15) is 34.8 Å². The van der Waals surface area contributed by atoms with Gasteiger partial charge in [0.2, 0.25) is 0 Å². The highest BCUT2D eigenvalue weighted by Crippen LogP contribution is 2.47. The van der Waals surface area contributed by atoms with Crippen molar-refractivity contribution in [3.05, 3.63) is 88.8 Å². The van der Waals surface area contributed by atoms with Gasteiger partial charge in [-0.15, -0.1) is 0 Å². The number of nitrogens with zero attached hydrogens (tertiary/aromatic N) is 1. The summed E-state index contributed by atoms with van der Waals surface area (Å²) in [5, 5.41) is 0.627. The molecule has 1 aliphatic rings. The minimum Gasteiger partial charge on any atom is -0.467 e. The van der Waals surface area contributed by atoms with E-state index in [0.717, 1.165) is 24.1 Å². The summed E-state index contributed by atoms with van der Waals surface area (Å²) in [5.74, 6) is -0.0711. The maximum absolute atomic E-state index is 14.1. The zero-order valence-electron chi connectivity index (χ0n) is 19.7. The zero-order valence-corrected chi connectivity index (χ0v) is 20.5. The second-order valence-corrected chi connectivity index (χ2v) is 8.90. The fourth-order valence-corrected chi connectivity index (χ4v) is 4.78. The smallest absolute Gasteiger partial charge is 0.343 e. The van der Waals surface area contributed by atoms with E-state index in [0.29, 0.717) is 41.3 Å². The van der Waals surface area contributed by atoms with Crippen molar-refractivity contribution in [1.82, 2.24) is 4.57 Å². The fourth-order valence-electron chi connectivity index (χ4n) is 4.61. The summed E-state index contributed by atoms with van der Waals surface area (Å²) in [5.41, 5.74) is 2.60. The Bertz CT molecular complexity index is 1380. The lowest BCUT2D eigenvalue weighted by Crippen LogP contribution is -2.18. The zero-order chi connectivity index (χ0) is 25.1. The molecule has 1 fully saturated rings. The molecule has 0 amide bonds. The molecule has 2 heterocycles. The van der Waals surface area contributed by atoms with Crippen LogP contribution in [0.15, 0.2) is 66.7 Å². The van der Waals surface area contributed by atoms with Gasteiger partial charge in [0.25, 0.3) is 0 Å². The summed E-state index contributed by atoms with van der Waals surface area (Å²) in [6.45, 7) is 1.18. The summed E-state index contributed by atoms with van der Waals surface area (Å²) < 4.78 is 38.9. The van der Waals surface area contributed by atoms with Crippen molar-refractivity contribution in [2.24, 2.45) is 0 Å². The maximum atomic E-state index is 14.1. The van der Waals surface area contributed by atoms with Crippen LogP contribution < -0.4 is 9.47 Å². The Morgan fingerprint density at radius 1 is 1.08 bits per heavy atom. The Kier molecular flexibility index (Phi) is 7.23. The number of benzene rings is 3. The lowest BCUT2D eigenvalue weighted by atomic mass is 9.95. The molecular weight excluding hydrogens is 485 g/mol. The molecule has 1 saturated heterocycles. The average Bonchev–Trinajstić information content (AvgIpc) is 3.24. The van der Waals surface area contributed by atoms with Crippen LogP contribution in [-0.4, -0.2) is 37.7 Å². The van der Waals surface area contributed by atoms with E-state index in [2.05, 4.69) is 0 Å². The maximum Gasteiger partial charge on any atom is 0.343 e. The number of ether oxygens (including phenoxy) is 4. The second-order valence-electron chi connectivity index (χ2n) is 8.49. The minimum atomic E-state index is -0.510. The molecule has 0 atom stereocenters. The molecule has 0 aliphatic carbocycles. The van der Waals surface area contributed by atoms with Gasteiger partial charge in [0.05, 0.1) is 27.2 Å². The number of esters is 1. The molecule has 0 spiro atoms. The Morgan fingerprint density at radius 3 is 2.58 bits per heavy atom. The van der Waals surface area contributed by atoms with Gasteiger partial charge in [-0.3, -0.25) is 0 Å². The monoisotopic (exact) mass is 509 g/mol. The second kappa shape index (κ2) is 10.7. The highest BCUT2D eigenvalue weighted by molar-refractivity contribution is 6.30. The molecule has 6 nitrogen and oxygen atoms in total. The number of fused-ring (bicyclic) bond motifs is 1. The number of rotatable bonds is 7. The summed E-state index contributed by atoms with van der Waals surface area (Å²) in [6, 6.07) is 19.0. The van der Waals surface area contributed by atoms with Crippen LogP contribution in [0.3, 0.4) is 0 Å². The lowest BCUT2D eigenvalue weighted by Gasteiger charge is -2.25. The molecule has 8 heteroatoms. The number of hydrogen-bond acceptors (Lipinski definition) is 5. The number of halogens is 2. The first-order chi connectivity index (χ1) is 17.6. The highest BCUT2D eigenvalue weighted by atomic mass is 35.5. The van der Waals surface area contributed by atoms with Gasteiger partial charge in [-0.05, 0) is 55.3 Å². The molecule has 36 heavy (non-hydrogen) atoms. The Hall–Kier alpha value is -3.39. The summed E-state index contributed by atoms with van der Waals surface area (Å²) >= 11 is 6.19. The van der Waals surface area contributed by atoms with Gasteiger partial charge in [-0.2, -0.15) is 0 Å². The molecule has 0 bridgehead atoms. The van der Waals surface area contributed by atoms with Crippen molar-refractivity contribution in [2.45, 2.75) is 18.8 Å². The van der Waals surface area contributed by atoms with Crippen LogP contribution in [0.25, 0.3) is 16.6 Å². The quantitative estimate of drug-likeness (QED) is 0.210. The van der Waals surface area contributed by atoms with Crippen molar-refractivity contribution >= 4 is 28.5 Å². The van der Waals surface area contributed by atoms with Gasteiger partial charge < -0.3 is 23.5 Å². The van der Waals surface area contributed by atoms with Crippen LogP contribution in [0, 0.1) is 5.82 Å². The highest BCUT2D eigenvalue weighted by Gasteiger charge is 2.31. The van der Waals surface area contributed by atoms with Crippen molar-refractivity contribution in [3.8, 4) is 17.2 Å². The number of hydrogen-bond donors (Lipinski definition) is 0. The average molecular weight is 510 g/mol. The number of aromatic nitrogens is 1. The van der Waals surface area contributed by atoms with Crippen molar-refractivity contribution in [1.29, 1.82) is 0 Å². The molecule has 0 saturated carbocycles. The predicted molar refractivity (Wildman–Crippen MR) is 135 cm³/mol. The van der Waals surface area contributed by atoms with Crippen molar-refractivity contribution in [3.63, 3.8) is 0 Å². The molecule has 186 valence electrons. The Morgan fingerprint density at radius 2 is 1.86 bits per heavy atom. The topological polar surface area (TPSA) is 58.9 Å². The van der Waals surface area contributed by atoms with Gasteiger partial charge in [0.1, 0.15) is 11.6 Å². The van der Waals surface area contributed by atoms with E-state index in [1.54, 1.807) is 42.5 Å². The standard InChI is InChI=1S/C28H25ClFNO5/c1-33-17-35-24-9-5-8-23-25(24)27(36-28(32)19-6-3-2-4-7-19)26(18-12-14-34-15-13-18)31(23)20-10-11-22(30)21(29)16-20/h2-11,16,18H,12-15,17H2,1H3. The molecule has 0 unspecified atom stereocenters. The van der Waals surface area contributed by atoms with Crippen molar-refractivity contribution < 1.29 is 28.1 Å². The molecule has 4 aromatic rings. The van der Waals surface area contributed by atoms with E-state index >= 15 is 0 Å². The van der Waals surface area contributed by atoms with E-state index in [9.17, 15) is 9.18 Å². The number of carbonyl (C=O) groups is 1. The van der Waals surface area contributed by atoms with Crippen molar-refractivity contribution in [2.75, 3.05) is 27.1 Å². The molecule has 5 rings (SSSR count). The minimum absolute atomic E-state index is 0.00175. The molecule has 1 aliphatic heterocycles. The summed E-state index contributed by atoms with van der Waals surface area (Å²) in [6.07, 6.45) is 1.46. The summed E-state index contributed by atoms with van der Waals surface area (Å²) in [7, 11) is 1.54. The number of methoxy groups -OCH3 is 1. The first kappa shape index (κ1) is 24.3. The third-order valence-corrected chi connectivity index (χ3v) is 6.54. The largest absolute Gasteiger partial charge is 0.467 e. The van der Waals surface area contributed by atoms with E-state index < -0.39 is 11.8 Å². The third-order valence-electron chi connectivity index (χ3n) is 6.25. The van der Waals surface area contributed by atoms with Gasteiger partial charge in [-0.1, -0.05) is 35.9 Å². The SMILES string of the molecule is COCOc1cccc2c1c(OC(=O)c1ccccc1)c(C1CCOCC1)n2-c1ccc(F)c(Cl)c1. The fraction of sp³-hybridized carbons (Fsp3) is 0.250. The Labute approximate surface area is 213 Å². The summed E-state index contributed by atoms with van der Waals surface area (Å²) in [4.78, 5) is 13.3. The van der Waals surface area contributed by atoms with E-state index in [1.807, 2.05) is 22.8 Å². The van der Waals surface area contributed by atoms with Crippen LogP contribution in [0.4, 0.5) is 4.39 Å². The van der Waals surface area contributed by atoms with E-state index in [4.69, 9.17) is 30.5 Å². The van der Waals surface area contributed by atoms with Crippen LogP contribution in [0.2, 0.25) is 5.02 Å². The molecule has 0 radical (unpaired) electrons. The lowest BCUT2D eigenvalue weighted by molar-refractivity contribution is 0.0521. The van der Waals surface area contributed by atoms with Gasteiger partial charge in [-0.25, -0.2) is 9.18 Å². The van der Waals surface area contributed by atoms with Gasteiger partial charge >= 0.3 is 5.97 Å². The molecular formula is C28H25ClFNO5. The molecule has 3 aromatic carbocycles. The molecule has 0 N–H and O–H groups in total. The van der Waals surface area contributed by atoms with Gasteiger partial charge in [0.15, 0.2) is 12.5 Å². The Balaban J connectivity index is 1.78. The number of carbonyl (C=O) groups excluding carboxylic acids is 1. The first-order valence-electron chi connectivity index (χ1n) is 11.7. The predicted octanol–water partition coefficient (Wildman–Crippen LogP) is 6.52. The van der Waals surface area contributed by atoms with Gasteiger partial charge in [0, 0.05) is 31.9 Å². The van der Waals surface area contributed by atoms with Crippen LogP contribution >= 0.6 is 11.6 Å². The van der Waals surface area contributed by atoms with E-state index in [-0.39, 0.29) is 17.7 Å². The van der Waals surface area contributed by atoms with Crippen LogP contribution in [-0.2, 0) is 9.47 Å². The third kappa shape index (κ3) is 4.69.